The van der Waals surface area contributed by atoms with Crippen molar-refractivity contribution in [1.82, 2.24) is 4.31 Å². The molecule has 1 aliphatic carbocycles. The number of piperidine rings is 1. The highest BCUT2D eigenvalue weighted by atomic mass is 32.2. The van der Waals surface area contributed by atoms with Crippen molar-refractivity contribution < 1.29 is 13.2 Å². The first kappa shape index (κ1) is 15.2. The van der Waals surface area contributed by atoms with Gasteiger partial charge in [0.25, 0.3) is 0 Å². The van der Waals surface area contributed by atoms with E-state index in [1.807, 2.05) is 0 Å². The van der Waals surface area contributed by atoms with Gasteiger partial charge in [-0.15, -0.1) is 12.3 Å². The number of methoxy groups -OCH3 is 1. The lowest BCUT2D eigenvalue weighted by molar-refractivity contribution is 0.249. The van der Waals surface area contributed by atoms with Gasteiger partial charge in [-0.3, -0.25) is 0 Å². The standard InChI is InChI=1S/C16H20N2O3S/c1-3-12-11-16(12)6-8-18(9-7-16)22(19,20)13-4-5-14(17)15(10-13)21-2/h1,4-5,10,12H,6-9,11,17H2,2H3/t12-/m1/s1. The number of nitrogens with two attached hydrogens (primary N) is 1. The van der Waals surface area contributed by atoms with Crippen molar-refractivity contribution in [3.63, 3.8) is 0 Å². The lowest BCUT2D eigenvalue weighted by Gasteiger charge is -2.31. The van der Waals surface area contributed by atoms with E-state index in [1.54, 1.807) is 6.07 Å². The summed E-state index contributed by atoms with van der Waals surface area (Å²) in [7, 11) is -2.04. The Labute approximate surface area is 131 Å². The molecule has 1 aliphatic heterocycles. The number of nitrogens with zero attached hydrogens (tertiary/aromatic N) is 1. The van der Waals surface area contributed by atoms with Gasteiger partial charge in [0.15, 0.2) is 0 Å². The molecule has 2 fully saturated rings. The maximum atomic E-state index is 12.7. The molecule has 2 aliphatic rings. The van der Waals surface area contributed by atoms with Crippen molar-refractivity contribution in [3.05, 3.63) is 18.2 Å². The topological polar surface area (TPSA) is 72.6 Å². The summed E-state index contributed by atoms with van der Waals surface area (Å²) < 4.78 is 32.1. The van der Waals surface area contributed by atoms with Gasteiger partial charge in [-0.05, 0) is 36.8 Å². The molecular weight excluding hydrogens is 300 g/mol. The molecule has 0 amide bonds. The average Bonchev–Trinajstić information content (AvgIpc) is 3.20. The number of sulfonamides is 1. The lowest BCUT2D eigenvalue weighted by Crippen LogP contribution is -2.39. The summed E-state index contributed by atoms with van der Waals surface area (Å²) >= 11 is 0. The number of rotatable bonds is 3. The van der Waals surface area contributed by atoms with E-state index in [-0.39, 0.29) is 10.3 Å². The SMILES string of the molecule is C#C[C@@H]1CC12CCN(S(=O)(=O)c1ccc(N)c(OC)c1)CC2. The summed E-state index contributed by atoms with van der Waals surface area (Å²) in [5.41, 5.74) is 6.36. The van der Waals surface area contributed by atoms with Crippen LogP contribution in [0.25, 0.3) is 0 Å². The van der Waals surface area contributed by atoms with E-state index < -0.39 is 10.0 Å². The van der Waals surface area contributed by atoms with Crippen LogP contribution in [-0.2, 0) is 10.0 Å². The Morgan fingerprint density at radius 3 is 2.64 bits per heavy atom. The van der Waals surface area contributed by atoms with E-state index in [1.165, 1.54) is 23.5 Å². The number of benzene rings is 1. The highest BCUT2D eigenvalue weighted by Crippen LogP contribution is 2.59. The zero-order valence-electron chi connectivity index (χ0n) is 12.6. The highest BCUT2D eigenvalue weighted by molar-refractivity contribution is 7.89. The van der Waals surface area contributed by atoms with Crippen LogP contribution in [0, 0.1) is 23.7 Å². The molecule has 0 aromatic heterocycles. The molecule has 1 saturated carbocycles. The largest absolute Gasteiger partial charge is 0.495 e. The van der Waals surface area contributed by atoms with Gasteiger partial charge < -0.3 is 10.5 Å². The summed E-state index contributed by atoms with van der Waals surface area (Å²) in [6.07, 6.45) is 8.21. The number of anilines is 1. The molecule has 1 saturated heterocycles. The molecule has 6 heteroatoms. The normalized spacial score (nSPS) is 23.9. The van der Waals surface area contributed by atoms with Crippen LogP contribution in [0.3, 0.4) is 0 Å². The third-order valence-corrected chi connectivity index (χ3v) is 6.85. The molecule has 1 aromatic carbocycles. The molecule has 3 rings (SSSR count). The monoisotopic (exact) mass is 320 g/mol. The number of terminal acetylenes is 1. The van der Waals surface area contributed by atoms with Crippen LogP contribution in [0.4, 0.5) is 5.69 Å². The lowest BCUT2D eigenvalue weighted by atomic mass is 9.92. The van der Waals surface area contributed by atoms with Crippen molar-refractivity contribution in [3.8, 4) is 18.1 Å². The summed E-state index contributed by atoms with van der Waals surface area (Å²) in [5.74, 6) is 3.51. The quantitative estimate of drug-likeness (QED) is 0.679. The number of hydrogen-bond donors (Lipinski definition) is 1. The fourth-order valence-corrected chi connectivity index (χ4v) is 4.77. The molecular formula is C16H20N2O3S. The van der Waals surface area contributed by atoms with Gasteiger partial charge in [-0.25, -0.2) is 8.42 Å². The summed E-state index contributed by atoms with van der Waals surface area (Å²) in [6.45, 7) is 1.04. The molecule has 0 unspecified atom stereocenters. The van der Waals surface area contributed by atoms with E-state index in [0.29, 0.717) is 30.4 Å². The molecule has 1 spiro atoms. The second-order valence-electron chi connectivity index (χ2n) is 6.09. The van der Waals surface area contributed by atoms with E-state index in [0.717, 1.165) is 19.3 Å². The third kappa shape index (κ3) is 2.34. The molecule has 1 aromatic rings. The molecule has 1 heterocycles. The van der Waals surface area contributed by atoms with Gasteiger partial charge in [0.2, 0.25) is 10.0 Å². The predicted octanol–water partition coefficient (Wildman–Crippen LogP) is 1.70. The molecule has 22 heavy (non-hydrogen) atoms. The fourth-order valence-electron chi connectivity index (χ4n) is 3.31. The zero-order valence-corrected chi connectivity index (χ0v) is 13.4. The maximum absolute atomic E-state index is 12.7. The maximum Gasteiger partial charge on any atom is 0.243 e. The van der Waals surface area contributed by atoms with Crippen LogP contribution in [-0.4, -0.2) is 32.9 Å². The Morgan fingerprint density at radius 1 is 1.41 bits per heavy atom. The van der Waals surface area contributed by atoms with E-state index in [4.69, 9.17) is 16.9 Å². The Morgan fingerprint density at radius 2 is 2.09 bits per heavy atom. The van der Waals surface area contributed by atoms with Crippen LogP contribution in [0.5, 0.6) is 5.75 Å². The minimum Gasteiger partial charge on any atom is -0.495 e. The zero-order chi connectivity index (χ0) is 16.0. The molecule has 1 atom stereocenters. The molecule has 0 bridgehead atoms. The minimum absolute atomic E-state index is 0.194. The van der Waals surface area contributed by atoms with E-state index >= 15 is 0 Å². The van der Waals surface area contributed by atoms with Crippen LogP contribution in [0.2, 0.25) is 0 Å². The van der Waals surface area contributed by atoms with Gasteiger partial charge >= 0.3 is 0 Å². The van der Waals surface area contributed by atoms with E-state index in [2.05, 4.69) is 5.92 Å². The number of hydrogen-bond acceptors (Lipinski definition) is 4. The van der Waals surface area contributed by atoms with Gasteiger partial charge in [0.05, 0.1) is 17.7 Å². The minimum atomic E-state index is -3.51. The first-order valence-corrected chi connectivity index (χ1v) is 8.77. The first-order valence-electron chi connectivity index (χ1n) is 7.33. The molecule has 5 nitrogen and oxygen atoms in total. The third-order valence-electron chi connectivity index (χ3n) is 4.95. The van der Waals surface area contributed by atoms with Crippen molar-refractivity contribution >= 4 is 15.7 Å². The van der Waals surface area contributed by atoms with Gasteiger partial charge in [-0.2, -0.15) is 4.31 Å². The Balaban J connectivity index is 1.79. The second kappa shape index (κ2) is 5.18. The molecule has 0 radical (unpaired) electrons. The number of nitrogen functional groups attached to an aromatic ring is 1. The van der Waals surface area contributed by atoms with Gasteiger partial charge in [-0.1, -0.05) is 0 Å². The first-order chi connectivity index (χ1) is 10.4. The Kier molecular flexibility index (Phi) is 3.58. The molecule has 2 N–H and O–H groups in total. The van der Waals surface area contributed by atoms with Crippen LogP contribution in [0.15, 0.2) is 23.1 Å². The summed E-state index contributed by atoms with van der Waals surface area (Å²) in [6, 6.07) is 4.57. The summed E-state index contributed by atoms with van der Waals surface area (Å²) in [5, 5.41) is 0. The second-order valence-corrected chi connectivity index (χ2v) is 8.03. The Hall–Kier alpha value is -1.71. The Bertz CT molecular complexity index is 728. The van der Waals surface area contributed by atoms with Crippen LogP contribution >= 0.6 is 0 Å². The van der Waals surface area contributed by atoms with Crippen LogP contribution in [0.1, 0.15) is 19.3 Å². The van der Waals surface area contributed by atoms with E-state index in [9.17, 15) is 8.42 Å². The fraction of sp³-hybridized carbons (Fsp3) is 0.500. The predicted molar refractivity (Wildman–Crippen MR) is 84.8 cm³/mol. The van der Waals surface area contributed by atoms with Crippen molar-refractivity contribution in [2.24, 2.45) is 11.3 Å². The highest BCUT2D eigenvalue weighted by Gasteiger charge is 2.54. The smallest absolute Gasteiger partial charge is 0.243 e. The summed E-state index contributed by atoms with van der Waals surface area (Å²) in [4.78, 5) is 0.221. The average molecular weight is 320 g/mol. The van der Waals surface area contributed by atoms with Crippen molar-refractivity contribution in [1.29, 1.82) is 0 Å². The van der Waals surface area contributed by atoms with Crippen LogP contribution < -0.4 is 10.5 Å². The number of ether oxygens (including phenoxy) is 1. The van der Waals surface area contributed by atoms with Gasteiger partial charge in [0.1, 0.15) is 5.75 Å². The van der Waals surface area contributed by atoms with Gasteiger partial charge in [0, 0.05) is 25.1 Å². The van der Waals surface area contributed by atoms with Crippen molar-refractivity contribution in [2.75, 3.05) is 25.9 Å². The molecule has 118 valence electrons. The van der Waals surface area contributed by atoms with Crippen molar-refractivity contribution in [2.45, 2.75) is 24.2 Å².